The predicted octanol–water partition coefficient (Wildman–Crippen LogP) is 2.63. The SMILES string of the molecule is CCNC(=NCc1c(C)nn(CCOC)c1C)NCC(C)(O)c1ccc(C)o1.I. The predicted molar refractivity (Wildman–Crippen MR) is 125 cm³/mol. The smallest absolute Gasteiger partial charge is 0.191 e. The summed E-state index contributed by atoms with van der Waals surface area (Å²) in [6.07, 6.45) is 0. The maximum atomic E-state index is 10.7. The Kier molecular flexibility index (Phi) is 10.1. The molecular weight excluding hydrogens is 485 g/mol. The molecule has 0 fully saturated rings. The van der Waals surface area contributed by atoms with Gasteiger partial charge in [0, 0.05) is 24.9 Å². The highest BCUT2D eigenvalue weighted by molar-refractivity contribution is 14.0. The largest absolute Gasteiger partial charge is 0.463 e. The number of aliphatic imine (C=N–C) groups is 1. The first-order valence-electron chi connectivity index (χ1n) is 9.61. The molecule has 8 nitrogen and oxygen atoms in total. The summed E-state index contributed by atoms with van der Waals surface area (Å²) < 4.78 is 12.7. The molecule has 1 unspecified atom stereocenters. The molecule has 2 heterocycles. The van der Waals surface area contributed by atoms with Crippen LogP contribution in [0.25, 0.3) is 0 Å². The molecule has 3 N–H and O–H groups in total. The zero-order chi connectivity index (χ0) is 20.7. The van der Waals surface area contributed by atoms with E-state index in [2.05, 4.69) is 20.7 Å². The molecule has 29 heavy (non-hydrogen) atoms. The van der Waals surface area contributed by atoms with E-state index in [1.165, 1.54) is 0 Å². The molecule has 0 saturated heterocycles. The van der Waals surface area contributed by atoms with E-state index in [0.717, 1.165) is 35.8 Å². The van der Waals surface area contributed by atoms with Gasteiger partial charge in [-0.25, -0.2) is 4.99 Å². The van der Waals surface area contributed by atoms with Gasteiger partial charge in [0.25, 0.3) is 0 Å². The van der Waals surface area contributed by atoms with Crippen molar-refractivity contribution in [3.8, 4) is 0 Å². The van der Waals surface area contributed by atoms with Crippen LogP contribution in [-0.4, -0.2) is 47.7 Å². The lowest BCUT2D eigenvalue weighted by Crippen LogP contribution is -2.44. The number of furan rings is 1. The third-order valence-electron chi connectivity index (χ3n) is 4.65. The number of rotatable bonds is 9. The zero-order valence-corrected chi connectivity index (χ0v) is 20.5. The summed E-state index contributed by atoms with van der Waals surface area (Å²) in [5.74, 6) is 1.93. The van der Waals surface area contributed by atoms with Gasteiger partial charge in [0.15, 0.2) is 5.96 Å². The Bertz CT molecular complexity index is 798. The Labute approximate surface area is 190 Å². The second-order valence-electron chi connectivity index (χ2n) is 7.10. The third kappa shape index (κ3) is 7.00. The molecule has 2 aromatic rings. The molecule has 0 radical (unpaired) electrons. The summed E-state index contributed by atoms with van der Waals surface area (Å²) in [5.41, 5.74) is 2.02. The van der Waals surface area contributed by atoms with Crippen molar-refractivity contribution < 1.29 is 14.3 Å². The van der Waals surface area contributed by atoms with Crippen molar-refractivity contribution in [3.05, 3.63) is 40.6 Å². The van der Waals surface area contributed by atoms with Crippen molar-refractivity contribution in [1.29, 1.82) is 0 Å². The van der Waals surface area contributed by atoms with Crippen LogP contribution in [0, 0.1) is 20.8 Å². The number of ether oxygens (including phenoxy) is 1. The van der Waals surface area contributed by atoms with E-state index < -0.39 is 5.60 Å². The van der Waals surface area contributed by atoms with Gasteiger partial charge < -0.3 is 24.9 Å². The van der Waals surface area contributed by atoms with Crippen LogP contribution in [0.5, 0.6) is 0 Å². The van der Waals surface area contributed by atoms with Crippen molar-refractivity contribution in [2.45, 2.75) is 53.3 Å². The highest BCUT2D eigenvalue weighted by atomic mass is 127. The summed E-state index contributed by atoms with van der Waals surface area (Å²) in [4.78, 5) is 4.67. The Hall–Kier alpha value is -1.59. The van der Waals surface area contributed by atoms with Gasteiger partial charge in [-0.05, 0) is 46.8 Å². The Balaban J connectivity index is 0.00000420. The number of methoxy groups -OCH3 is 1. The molecule has 0 aliphatic carbocycles. The summed E-state index contributed by atoms with van der Waals surface area (Å²) in [7, 11) is 1.68. The number of aromatic nitrogens is 2. The average Bonchev–Trinajstić information content (AvgIpc) is 3.20. The minimum absolute atomic E-state index is 0. The van der Waals surface area contributed by atoms with Gasteiger partial charge in [-0.1, -0.05) is 0 Å². The van der Waals surface area contributed by atoms with Crippen molar-refractivity contribution >= 4 is 29.9 Å². The molecule has 0 aliphatic rings. The summed E-state index contributed by atoms with van der Waals surface area (Å²) in [6, 6.07) is 3.64. The number of nitrogens with one attached hydrogen (secondary N) is 2. The first kappa shape index (κ1) is 25.4. The maximum absolute atomic E-state index is 10.7. The number of halogens is 1. The fraction of sp³-hybridized carbons (Fsp3) is 0.600. The average molecular weight is 519 g/mol. The fourth-order valence-electron chi connectivity index (χ4n) is 2.93. The number of guanidine groups is 1. The summed E-state index contributed by atoms with van der Waals surface area (Å²) in [5, 5.41) is 21.7. The Morgan fingerprint density at radius 2 is 2.03 bits per heavy atom. The highest BCUT2D eigenvalue weighted by Crippen LogP contribution is 2.22. The molecule has 0 saturated carbocycles. The van der Waals surface area contributed by atoms with Crippen LogP contribution in [0.1, 0.15) is 42.3 Å². The molecule has 1 atom stereocenters. The molecule has 0 bridgehead atoms. The van der Waals surface area contributed by atoms with Crippen molar-refractivity contribution in [2.75, 3.05) is 26.8 Å². The maximum Gasteiger partial charge on any atom is 0.191 e. The van der Waals surface area contributed by atoms with Crippen LogP contribution < -0.4 is 10.6 Å². The lowest BCUT2D eigenvalue weighted by Gasteiger charge is -2.22. The van der Waals surface area contributed by atoms with E-state index >= 15 is 0 Å². The molecule has 2 rings (SSSR count). The van der Waals surface area contributed by atoms with Crippen LogP contribution in [0.3, 0.4) is 0 Å². The Morgan fingerprint density at radius 1 is 1.31 bits per heavy atom. The van der Waals surface area contributed by atoms with Gasteiger partial charge in [0.05, 0.1) is 31.9 Å². The van der Waals surface area contributed by atoms with Crippen molar-refractivity contribution in [1.82, 2.24) is 20.4 Å². The molecule has 9 heteroatoms. The molecule has 164 valence electrons. The first-order chi connectivity index (χ1) is 13.3. The standard InChI is InChI=1S/C20H33N5O3.HI/c1-7-21-19(23-13-20(5,26)18-9-8-14(2)28-18)22-12-17-15(3)24-25(16(17)4)10-11-27-6;/h8-9,26H,7,10-13H2,1-6H3,(H2,21,22,23);1H. The van der Waals surface area contributed by atoms with Gasteiger partial charge in [-0.2, -0.15) is 5.10 Å². The Morgan fingerprint density at radius 3 is 2.62 bits per heavy atom. The quantitative estimate of drug-likeness (QED) is 0.268. The molecular formula is C20H34IN5O3. The lowest BCUT2D eigenvalue weighted by molar-refractivity contribution is 0.0378. The van der Waals surface area contributed by atoms with Crippen LogP contribution >= 0.6 is 24.0 Å². The van der Waals surface area contributed by atoms with Crippen LogP contribution in [0.15, 0.2) is 21.5 Å². The van der Waals surface area contributed by atoms with Gasteiger partial charge in [-0.15, -0.1) is 24.0 Å². The second-order valence-corrected chi connectivity index (χ2v) is 7.10. The number of nitrogens with zero attached hydrogens (tertiary/aromatic N) is 3. The number of hydrogen-bond acceptors (Lipinski definition) is 5. The number of aliphatic hydroxyl groups is 1. The molecule has 0 amide bonds. The summed E-state index contributed by atoms with van der Waals surface area (Å²) in [6.45, 7) is 12.5. The second kappa shape index (κ2) is 11.6. The molecule has 0 aromatic carbocycles. The fourth-order valence-corrected chi connectivity index (χ4v) is 2.93. The van der Waals surface area contributed by atoms with Gasteiger partial charge >= 0.3 is 0 Å². The van der Waals surface area contributed by atoms with Crippen molar-refractivity contribution in [3.63, 3.8) is 0 Å². The van der Waals surface area contributed by atoms with Crippen LogP contribution in [-0.2, 0) is 23.4 Å². The lowest BCUT2D eigenvalue weighted by atomic mass is 10.0. The monoisotopic (exact) mass is 519 g/mol. The zero-order valence-electron chi connectivity index (χ0n) is 18.2. The molecule has 2 aromatic heterocycles. The van der Waals surface area contributed by atoms with Crippen LogP contribution in [0.2, 0.25) is 0 Å². The van der Waals surface area contributed by atoms with E-state index in [0.29, 0.717) is 24.9 Å². The number of aryl methyl sites for hydroxylation is 2. The van der Waals surface area contributed by atoms with Gasteiger partial charge in [-0.3, -0.25) is 4.68 Å². The highest BCUT2D eigenvalue weighted by Gasteiger charge is 2.27. The summed E-state index contributed by atoms with van der Waals surface area (Å²) >= 11 is 0. The van der Waals surface area contributed by atoms with Gasteiger partial charge in [0.2, 0.25) is 0 Å². The third-order valence-corrected chi connectivity index (χ3v) is 4.65. The normalized spacial score (nSPS) is 13.7. The molecule has 0 aliphatic heterocycles. The minimum atomic E-state index is -1.14. The number of hydrogen-bond donors (Lipinski definition) is 3. The van der Waals surface area contributed by atoms with E-state index in [9.17, 15) is 5.11 Å². The van der Waals surface area contributed by atoms with E-state index in [4.69, 9.17) is 9.15 Å². The van der Waals surface area contributed by atoms with E-state index in [-0.39, 0.29) is 30.5 Å². The first-order valence-corrected chi connectivity index (χ1v) is 9.61. The van der Waals surface area contributed by atoms with E-state index in [1.807, 2.05) is 38.4 Å². The topological polar surface area (TPSA) is 96.8 Å². The van der Waals surface area contributed by atoms with Crippen LogP contribution in [0.4, 0.5) is 0 Å². The van der Waals surface area contributed by atoms with E-state index in [1.54, 1.807) is 20.1 Å². The van der Waals surface area contributed by atoms with Crippen molar-refractivity contribution in [2.24, 2.45) is 4.99 Å². The minimum Gasteiger partial charge on any atom is -0.463 e. The van der Waals surface area contributed by atoms with Gasteiger partial charge in [0.1, 0.15) is 17.1 Å². The molecule has 0 spiro atoms.